The summed E-state index contributed by atoms with van der Waals surface area (Å²) < 4.78 is 5.46. The van der Waals surface area contributed by atoms with Crippen LogP contribution in [0, 0.1) is 5.92 Å². The van der Waals surface area contributed by atoms with Crippen LogP contribution < -0.4 is 10.1 Å². The van der Waals surface area contributed by atoms with Crippen LogP contribution in [-0.2, 0) is 4.79 Å². The van der Waals surface area contributed by atoms with Crippen molar-refractivity contribution in [1.82, 2.24) is 4.98 Å². The average Bonchev–Trinajstić information content (AvgIpc) is 2.41. The zero-order chi connectivity index (χ0) is 13.7. The average molecular weight is 264 g/mol. The topological polar surface area (TPSA) is 71.5 Å². The number of nitrogens with one attached hydrogen (secondary N) is 1. The highest BCUT2D eigenvalue weighted by Gasteiger charge is 2.27. The number of anilines is 1. The van der Waals surface area contributed by atoms with E-state index in [4.69, 9.17) is 9.84 Å². The van der Waals surface area contributed by atoms with Gasteiger partial charge in [-0.1, -0.05) is 6.42 Å². The van der Waals surface area contributed by atoms with Crippen LogP contribution in [0.2, 0.25) is 0 Å². The van der Waals surface area contributed by atoms with Crippen LogP contribution in [0.1, 0.15) is 32.6 Å². The number of pyridine rings is 1. The lowest BCUT2D eigenvalue weighted by atomic mass is 9.86. The summed E-state index contributed by atoms with van der Waals surface area (Å²) in [5, 5.41) is 12.5. The highest BCUT2D eigenvalue weighted by atomic mass is 16.5. The third-order valence-corrected chi connectivity index (χ3v) is 3.44. The fourth-order valence-corrected chi connectivity index (χ4v) is 2.52. The van der Waals surface area contributed by atoms with Crippen molar-refractivity contribution in [2.75, 3.05) is 11.9 Å². The van der Waals surface area contributed by atoms with Crippen LogP contribution in [0.3, 0.4) is 0 Å². The van der Waals surface area contributed by atoms with Gasteiger partial charge in [-0.2, -0.15) is 0 Å². The van der Waals surface area contributed by atoms with Gasteiger partial charge in [-0.25, -0.2) is 4.98 Å². The van der Waals surface area contributed by atoms with Crippen molar-refractivity contribution < 1.29 is 14.6 Å². The maximum atomic E-state index is 11.1. The minimum Gasteiger partial charge on any atom is -0.481 e. The molecule has 0 aliphatic heterocycles. The van der Waals surface area contributed by atoms with Gasteiger partial charge in [0.1, 0.15) is 0 Å². The molecule has 0 radical (unpaired) electrons. The maximum absolute atomic E-state index is 11.1. The number of hydrogen-bond acceptors (Lipinski definition) is 4. The lowest BCUT2D eigenvalue weighted by molar-refractivity contribution is -0.142. The number of aliphatic carboxylic acids is 1. The number of ether oxygens (including phenoxy) is 1. The van der Waals surface area contributed by atoms with E-state index in [-0.39, 0.29) is 12.0 Å². The Morgan fingerprint density at radius 1 is 1.58 bits per heavy atom. The van der Waals surface area contributed by atoms with Gasteiger partial charge in [0, 0.05) is 12.2 Å². The van der Waals surface area contributed by atoms with E-state index in [1.165, 1.54) is 0 Å². The second kappa shape index (κ2) is 6.41. The summed E-state index contributed by atoms with van der Waals surface area (Å²) in [6, 6.07) is 3.95. The zero-order valence-electron chi connectivity index (χ0n) is 11.1. The van der Waals surface area contributed by atoms with Gasteiger partial charge in [-0.15, -0.1) is 0 Å². The maximum Gasteiger partial charge on any atom is 0.306 e. The van der Waals surface area contributed by atoms with Crippen molar-refractivity contribution in [2.24, 2.45) is 5.92 Å². The van der Waals surface area contributed by atoms with E-state index in [1.54, 1.807) is 6.20 Å². The number of carbonyl (C=O) groups is 1. The normalized spacial score (nSPS) is 22.8. The molecule has 19 heavy (non-hydrogen) atoms. The molecule has 1 aromatic rings. The molecule has 0 spiro atoms. The van der Waals surface area contributed by atoms with Gasteiger partial charge in [-0.05, 0) is 38.3 Å². The van der Waals surface area contributed by atoms with Gasteiger partial charge in [0.25, 0.3) is 0 Å². The Morgan fingerprint density at radius 2 is 2.42 bits per heavy atom. The van der Waals surface area contributed by atoms with Crippen LogP contribution in [0.4, 0.5) is 5.69 Å². The summed E-state index contributed by atoms with van der Waals surface area (Å²) in [5.74, 6) is -0.344. The molecule has 2 atom stereocenters. The summed E-state index contributed by atoms with van der Waals surface area (Å²) in [5.41, 5.74) is 0.848. The van der Waals surface area contributed by atoms with Gasteiger partial charge < -0.3 is 15.2 Å². The highest BCUT2D eigenvalue weighted by molar-refractivity contribution is 5.70. The van der Waals surface area contributed by atoms with Crippen LogP contribution in [0.15, 0.2) is 18.3 Å². The van der Waals surface area contributed by atoms with E-state index in [0.717, 1.165) is 24.9 Å². The van der Waals surface area contributed by atoms with Gasteiger partial charge in [0.05, 0.1) is 18.2 Å². The molecule has 104 valence electrons. The molecule has 1 aliphatic carbocycles. The summed E-state index contributed by atoms with van der Waals surface area (Å²) in [4.78, 5) is 15.2. The Bertz CT molecular complexity index is 436. The Hall–Kier alpha value is -1.78. The predicted octanol–water partition coefficient (Wildman–Crippen LogP) is 2.54. The van der Waals surface area contributed by atoms with Gasteiger partial charge in [0.15, 0.2) is 0 Å². The van der Waals surface area contributed by atoms with E-state index < -0.39 is 5.97 Å². The van der Waals surface area contributed by atoms with Crippen molar-refractivity contribution in [3.63, 3.8) is 0 Å². The Morgan fingerprint density at radius 3 is 3.16 bits per heavy atom. The van der Waals surface area contributed by atoms with Gasteiger partial charge in [0.2, 0.25) is 5.88 Å². The van der Waals surface area contributed by atoms with E-state index in [0.29, 0.717) is 18.9 Å². The number of hydrogen-bond donors (Lipinski definition) is 2. The van der Waals surface area contributed by atoms with E-state index >= 15 is 0 Å². The fourth-order valence-electron chi connectivity index (χ4n) is 2.52. The van der Waals surface area contributed by atoms with Crippen molar-refractivity contribution in [3.8, 4) is 5.88 Å². The number of rotatable bonds is 5. The largest absolute Gasteiger partial charge is 0.481 e. The molecule has 5 heteroatoms. The Balaban J connectivity index is 2.02. The lowest BCUT2D eigenvalue weighted by Gasteiger charge is -2.28. The molecule has 2 N–H and O–H groups in total. The number of carboxylic acids is 1. The number of carboxylic acid groups (broad SMARTS) is 1. The molecule has 0 amide bonds. The Kier molecular flexibility index (Phi) is 4.60. The standard InChI is InChI=1S/C14H20N2O3/c1-2-19-13-12(7-4-8-15-13)16-11-6-3-5-10(9-11)14(17)18/h4,7-8,10-11,16H,2-3,5-6,9H2,1H3,(H,17,18). The molecule has 5 nitrogen and oxygen atoms in total. The van der Waals surface area contributed by atoms with Crippen LogP contribution in [0.25, 0.3) is 0 Å². The molecule has 0 bridgehead atoms. The summed E-state index contributed by atoms with van der Waals surface area (Å²) >= 11 is 0. The smallest absolute Gasteiger partial charge is 0.306 e. The van der Waals surface area contributed by atoms with Crippen LogP contribution in [0.5, 0.6) is 5.88 Å². The minimum atomic E-state index is -0.692. The number of nitrogens with zero attached hydrogens (tertiary/aromatic N) is 1. The molecule has 0 saturated heterocycles. The van der Waals surface area contributed by atoms with Gasteiger partial charge >= 0.3 is 5.97 Å². The molecule has 1 aliphatic rings. The summed E-state index contributed by atoms with van der Waals surface area (Å²) in [6.45, 7) is 2.48. The molecule has 1 aromatic heterocycles. The molecule has 1 heterocycles. The van der Waals surface area contributed by atoms with Gasteiger partial charge in [-0.3, -0.25) is 4.79 Å². The first-order valence-corrected chi connectivity index (χ1v) is 6.78. The highest BCUT2D eigenvalue weighted by Crippen LogP contribution is 2.29. The zero-order valence-corrected chi connectivity index (χ0v) is 11.1. The van der Waals surface area contributed by atoms with Crippen LogP contribution >= 0.6 is 0 Å². The monoisotopic (exact) mass is 264 g/mol. The van der Waals surface area contributed by atoms with E-state index in [9.17, 15) is 4.79 Å². The summed E-state index contributed by atoms with van der Waals surface area (Å²) in [7, 11) is 0. The molecular formula is C14H20N2O3. The third-order valence-electron chi connectivity index (χ3n) is 3.44. The number of aromatic nitrogens is 1. The first kappa shape index (κ1) is 13.6. The molecular weight excluding hydrogens is 244 g/mol. The van der Waals surface area contributed by atoms with Crippen molar-refractivity contribution in [3.05, 3.63) is 18.3 Å². The molecule has 1 fully saturated rings. The van der Waals surface area contributed by atoms with Crippen molar-refractivity contribution in [1.29, 1.82) is 0 Å². The molecule has 1 saturated carbocycles. The van der Waals surface area contributed by atoms with Crippen LogP contribution in [-0.4, -0.2) is 28.7 Å². The van der Waals surface area contributed by atoms with E-state index in [2.05, 4.69) is 10.3 Å². The van der Waals surface area contributed by atoms with Crippen molar-refractivity contribution in [2.45, 2.75) is 38.6 Å². The quantitative estimate of drug-likeness (QED) is 0.855. The van der Waals surface area contributed by atoms with Crippen molar-refractivity contribution >= 4 is 11.7 Å². The summed E-state index contributed by atoms with van der Waals surface area (Å²) in [6.07, 6.45) is 5.06. The fraction of sp³-hybridized carbons (Fsp3) is 0.571. The SMILES string of the molecule is CCOc1ncccc1NC1CCCC(C(=O)O)C1. The molecule has 2 unspecified atom stereocenters. The minimum absolute atomic E-state index is 0.179. The predicted molar refractivity (Wildman–Crippen MR) is 72.4 cm³/mol. The molecule has 2 rings (SSSR count). The second-order valence-corrected chi connectivity index (χ2v) is 4.83. The second-order valence-electron chi connectivity index (χ2n) is 4.83. The lowest BCUT2D eigenvalue weighted by Crippen LogP contribution is -2.31. The first-order valence-electron chi connectivity index (χ1n) is 6.78. The Labute approximate surface area is 113 Å². The van der Waals surface area contributed by atoms with E-state index in [1.807, 2.05) is 19.1 Å². The molecule has 0 aromatic carbocycles. The third kappa shape index (κ3) is 3.59. The first-order chi connectivity index (χ1) is 9.20.